The fraction of sp³-hybridized carbons (Fsp3) is 0.880. The van der Waals surface area contributed by atoms with Gasteiger partial charge in [-0.15, -0.1) is 0 Å². The molecule has 178 valence electrons. The number of unbranched alkanes of at least 4 members (excludes halogenated alkanes) is 10. The highest BCUT2D eigenvalue weighted by atomic mass is 16.5. The summed E-state index contributed by atoms with van der Waals surface area (Å²) >= 11 is 0. The van der Waals surface area contributed by atoms with Gasteiger partial charge in [-0.1, -0.05) is 89.7 Å². The smallest absolute Gasteiger partial charge is 0.220 e. The topological polar surface area (TPSA) is 67.8 Å². The number of methoxy groups -OCH3 is 2. The van der Waals surface area contributed by atoms with Crippen molar-refractivity contribution in [3.63, 3.8) is 0 Å². The Morgan fingerprint density at radius 3 is 2.07 bits per heavy atom. The van der Waals surface area contributed by atoms with E-state index in [1.54, 1.807) is 14.2 Å². The van der Waals surface area contributed by atoms with E-state index in [4.69, 9.17) is 14.6 Å². The molecular weight excluding hydrogens is 378 g/mol. The third-order valence-corrected chi connectivity index (χ3v) is 5.52. The number of aliphatic hydroxyl groups is 1. The number of amides is 1. The Labute approximate surface area is 186 Å². The molecule has 30 heavy (non-hydrogen) atoms. The van der Waals surface area contributed by atoms with Gasteiger partial charge in [0.2, 0.25) is 5.91 Å². The molecule has 1 unspecified atom stereocenters. The second kappa shape index (κ2) is 22.8. The summed E-state index contributed by atoms with van der Waals surface area (Å²) in [6.45, 7) is 2.49. The summed E-state index contributed by atoms with van der Waals surface area (Å²) < 4.78 is 10.5. The third kappa shape index (κ3) is 19.1. The third-order valence-electron chi connectivity index (χ3n) is 5.52. The molecule has 0 aliphatic heterocycles. The zero-order chi connectivity index (χ0) is 22.3. The Hall–Kier alpha value is -0.910. The number of carbonyl (C=O) groups is 1. The van der Waals surface area contributed by atoms with Crippen molar-refractivity contribution >= 4 is 5.91 Å². The molecule has 0 bridgehead atoms. The average Bonchev–Trinajstić information content (AvgIpc) is 2.75. The molecule has 0 rings (SSSR count). The first kappa shape index (κ1) is 29.1. The van der Waals surface area contributed by atoms with Gasteiger partial charge in [0.25, 0.3) is 0 Å². The molecule has 2 N–H and O–H groups in total. The van der Waals surface area contributed by atoms with Gasteiger partial charge in [-0.3, -0.25) is 4.79 Å². The van der Waals surface area contributed by atoms with E-state index >= 15 is 0 Å². The van der Waals surface area contributed by atoms with Crippen molar-refractivity contribution in [1.29, 1.82) is 0 Å². The summed E-state index contributed by atoms with van der Waals surface area (Å²) in [5.74, 6) is -0.0556. The lowest BCUT2D eigenvalue weighted by atomic mass is 10.0. The highest BCUT2D eigenvalue weighted by Gasteiger charge is 2.10. The van der Waals surface area contributed by atoms with E-state index < -0.39 is 0 Å². The van der Waals surface area contributed by atoms with E-state index in [1.807, 2.05) is 0 Å². The summed E-state index contributed by atoms with van der Waals surface area (Å²) in [7, 11) is 3.34. The lowest BCUT2D eigenvalue weighted by molar-refractivity contribution is -0.122. The van der Waals surface area contributed by atoms with Gasteiger partial charge in [0, 0.05) is 20.6 Å². The lowest BCUT2D eigenvalue weighted by Gasteiger charge is -2.14. The van der Waals surface area contributed by atoms with Gasteiger partial charge in [0.1, 0.15) is 0 Å². The van der Waals surface area contributed by atoms with Gasteiger partial charge in [-0.25, -0.2) is 0 Å². The maximum atomic E-state index is 11.8. The highest BCUT2D eigenvalue weighted by molar-refractivity contribution is 5.76. The first-order chi connectivity index (χ1) is 14.7. The van der Waals surface area contributed by atoms with E-state index in [1.165, 1.54) is 70.6 Å². The van der Waals surface area contributed by atoms with Crippen molar-refractivity contribution in [2.24, 2.45) is 0 Å². The van der Waals surface area contributed by atoms with Crippen LogP contribution in [0.5, 0.6) is 0 Å². The van der Waals surface area contributed by atoms with Crippen molar-refractivity contribution in [2.75, 3.05) is 27.4 Å². The predicted molar refractivity (Wildman–Crippen MR) is 126 cm³/mol. The van der Waals surface area contributed by atoms with Crippen molar-refractivity contribution in [3.8, 4) is 0 Å². The van der Waals surface area contributed by atoms with Gasteiger partial charge in [-0.2, -0.15) is 0 Å². The summed E-state index contributed by atoms with van der Waals surface area (Å²) in [6, 6.07) is -0.324. The number of hydrogen-bond acceptors (Lipinski definition) is 4. The van der Waals surface area contributed by atoms with E-state index in [0.717, 1.165) is 12.8 Å². The van der Waals surface area contributed by atoms with Crippen LogP contribution >= 0.6 is 0 Å². The Kier molecular flexibility index (Phi) is 22.1. The highest BCUT2D eigenvalue weighted by Crippen LogP contribution is 2.14. The van der Waals surface area contributed by atoms with Gasteiger partial charge in [0.15, 0.2) is 0 Å². The first-order valence-corrected chi connectivity index (χ1v) is 12.2. The summed E-state index contributed by atoms with van der Waals surface area (Å²) in [5.41, 5.74) is 0. The molecule has 0 heterocycles. The standard InChI is InChI=1S/C25H49NO4/c1-4-5-6-7-8-9-10-11-12-13-15-18-24(30-3)19-16-14-17-20-25(28)26-23(21-27)22-29-2/h14,16,23-24,27H,4-13,15,17-22H2,1-3H3,(H,26,28)/b16-14+/t23-,24?/m1/s1. The minimum atomic E-state index is -0.324. The van der Waals surface area contributed by atoms with Crippen LogP contribution in [0.15, 0.2) is 12.2 Å². The molecule has 0 radical (unpaired) electrons. The zero-order valence-electron chi connectivity index (χ0n) is 20.0. The molecule has 0 aromatic carbocycles. The Morgan fingerprint density at radius 2 is 1.53 bits per heavy atom. The van der Waals surface area contributed by atoms with Crippen molar-refractivity contribution in [3.05, 3.63) is 12.2 Å². The van der Waals surface area contributed by atoms with Crippen molar-refractivity contribution in [2.45, 2.75) is 115 Å². The molecule has 1 amide bonds. The van der Waals surface area contributed by atoms with Crippen LogP contribution < -0.4 is 5.32 Å². The van der Waals surface area contributed by atoms with Crippen LogP contribution in [0.25, 0.3) is 0 Å². The number of rotatable bonds is 22. The van der Waals surface area contributed by atoms with E-state index in [2.05, 4.69) is 24.4 Å². The Balaban J connectivity index is 3.63. The van der Waals surface area contributed by atoms with Gasteiger partial charge in [-0.05, 0) is 19.3 Å². The first-order valence-electron chi connectivity index (χ1n) is 12.2. The predicted octanol–water partition coefficient (Wildman–Crippen LogP) is 5.55. The second-order valence-electron chi connectivity index (χ2n) is 8.33. The van der Waals surface area contributed by atoms with Crippen molar-refractivity contribution in [1.82, 2.24) is 5.32 Å². The van der Waals surface area contributed by atoms with Gasteiger partial charge >= 0.3 is 0 Å². The van der Waals surface area contributed by atoms with Crippen LogP contribution in [-0.2, 0) is 14.3 Å². The molecule has 0 saturated heterocycles. The molecule has 2 atom stereocenters. The van der Waals surface area contributed by atoms with Crippen LogP contribution in [0.2, 0.25) is 0 Å². The maximum Gasteiger partial charge on any atom is 0.220 e. The van der Waals surface area contributed by atoms with Crippen LogP contribution in [0, 0.1) is 0 Å². The molecule has 0 aromatic heterocycles. The van der Waals surface area contributed by atoms with Crippen LogP contribution in [0.3, 0.4) is 0 Å². The molecule has 0 spiro atoms. The minimum Gasteiger partial charge on any atom is -0.394 e. The minimum absolute atomic E-state index is 0.0556. The molecule has 0 aliphatic rings. The lowest BCUT2D eigenvalue weighted by Crippen LogP contribution is -2.40. The monoisotopic (exact) mass is 427 g/mol. The molecule has 0 fully saturated rings. The number of carbonyl (C=O) groups excluding carboxylic acids is 1. The Bertz CT molecular complexity index is 401. The quantitative estimate of drug-likeness (QED) is 0.175. The number of allylic oxidation sites excluding steroid dienone is 1. The van der Waals surface area contributed by atoms with Crippen LogP contribution in [0.1, 0.15) is 103 Å². The summed E-state index contributed by atoms with van der Waals surface area (Å²) in [5, 5.41) is 11.9. The SMILES string of the molecule is CCCCCCCCCCCCCC(C/C=C/CCC(=O)N[C@H](CO)COC)OC. The largest absolute Gasteiger partial charge is 0.394 e. The van der Waals surface area contributed by atoms with E-state index in [9.17, 15) is 4.79 Å². The summed E-state index contributed by atoms with van der Waals surface area (Å²) in [4.78, 5) is 11.8. The number of hydrogen-bond donors (Lipinski definition) is 2. The molecule has 5 nitrogen and oxygen atoms in total. The molecule has 0 aliphatic carbocycles. The number of nitrogens with one attached hydrogen (secondary N) is 1. The number of ether oxygens (including phenoxy) is 2. The molecule has 5 heteroatoms. The van der Waals surface area contributed by atoms with Crippen LogP contribution in [0.4, 0.5) is 0 Å². The van der Waals surface area contributed by atoms with Crippen molar-refractivity contribution < 1.29 is 19.4 Å². The molecule has 0 saturated carbocycles. The normalized spacial score (nSPS) is 13.6. The second-order valence-corrected chi connectivity index (χ2v) is 8.33. The maximum absolute atomic E-state index is 11.8. The molecular formula is C25H49NO4. The van der Waals surface area contributed by atoms with Gasteiger partial charge in [0.05, 0.1) is 25.4 Å². The Morgan fingerprint density at radius 1 is 0.933 bits per heavy atom. The number of aliphatic hydroxyl groups excluding tert-OH is 1. The zero-order valence-corrected chi connectivity index (χ0v) is 20.0. The van der Waals surface area contributed by atoms with Crippen LogP contribution in [-0.4, -0.2) is 50.6 Å². The van der Waals surface area contributed by atoms with E-state index in [0.29, 0.717) is 19.4 Å². The average molecular weight is 428 g/mol. The fourth-order valence-corrected chi connectivity index (χ4v) is 3.59. The van der Waals surface area contributed by atoms with Gasteiger partial charge < -0.3 is 19.9 Å². The van der Waals surface area contributed by atoms with E-state index in [-0.39, 0.29) is 24.7 Å². The molecule has 0 aromatic rings. The summed E-state index contributed by atoms with van der Waals surface area (Å²) in [6.07, 6.45) is 22.6. The fourth-order valence-electron chi connectivity index (χ4n) is 3.59.